The molecule has 4 rings (SSSR count). The number of aromatic nitrogens is 4. The minimum absolute atomic E-state index is 0.158. The molecule has 0 bridgehead atoms. The molecule has 0 saturated heterocycles. The number of halogens is 2. The van der Waals surface area contributed by atoms with Gasteiger partial charge in [0.2, 0.25) is 5.95 Å². The SMILES string of the molecule is COC[C@@H](CCCOc1ccc(Cl)c(Cl)c1C(O)c1cnn2c(N(C)c3ccccc3)ncnc12)NC(=O)OC(C)(C)C. The number of rotatable bonds is 12. The Bertz CT molecular complexity index is 1530. The molecule has 1 unspecified atom stereocenters. The van der Waals surface area contributed by atoms with Crippen LogP contribution in [0, 0.1) is 0 Å². The second-order valence-corrected chi connectivity index (χ2v) is 11.7. The van der Waals surface area contributed by atoms with Crippen LogP contribution in [-0.4, -0.2) is 69.8 Å². The van der Waals surface area contributed by atoms with Crippen molar-refractivity contribution < 1.29 is 24.1 Å². The molecule has 0 aliphatic heterocycles. The van der Waals surface area contributed by atoms with E-state index >= 15 is 0 Å². The molecule has 2 aromatic heterocycles. The predicted molar refractivity (Wildman–Crippen MR) is 166 cm³/mol. The number of alkyl carbamates (subject to hydrolysis) is 1. The van der Waals surface area contributed by atoms with Crippen LogP contribution in [0.3, 0.4) is 0 Å². The minimum atomic E-state index is -1.25. The van der Waals surface area contributed by atoms with Crippen molar-refractivity contribution in [3.05, 3.63) is 76.2 Å². The third-order valence-electron chi connectivity index (χ3n) is 6.46. The summed E-state index contributed by atoms with van der Waals surface area (Å²) >= 11 is 13.0. The maximum absolute atomic E-state index is 12.2. The van der Waals surface area contributed by atoms with E-state index in [-0.39, 0.29) is 22.7 Å². The van der Waals surface area contributed by atoms with Gasteiger partial charge in [-0.15, -0.1) is 0 Å². The second kappa shape index (κ2) is 14.2. The number of anilines is 2. The van der Waals surface area contributed by atoms with Crippen LogP contribution >= 0.6 is 23.2 Å². The Kier molecular flexibility index (Phi) is 10.7. The summed E-state index contributed by atoms with van der Waals surface area (Å²) in [5.41, 5.74) is 1.39. The zero-order chi connectivity index (χ0) is 31.1. The largest absolute Gasteiger partial charge is 0.493 e. The van der Waals surface area contributed by atoms with Crippen molar-refractivity contribution in [3.63, 3.8) is 0 Å². The van der Waals surface area contributed by atoms with Crippen molar-refractivity contribution in [3.8, 4) is 5.75 Å². The molecular weight excluding hydrogens is 595 g/mol. The van der Waals surface area contributed by atoms with Crippen LogP contribution in [0.25, 0.3) is 5.65 Å². The molecule has 0 fully saturated rings. The monoisotopic (exact) mass is 630 g/mol. The zero-order valence-corrected chi connectivity index (χ0v) is 26.3. The summed E-state index contributed by atoms with van der Waals surface area (Å²) < 4.78 is 18.2. The predicted octanol–water partition coefficient (Wildman–Crippen LogP) is 5.98. The van der Waals surface area contributed by atoms with Gasteiger partial charge in [0.15, 0.2) is 5.65 Å². The summed E-state index contributed by atoms with van der Waals surface area (Å²) in [5, 5.41) is 19.3. The van der Waals surface area contributed by atoms with E-state index in [9.17, 15) is 9.90 Å². The van der Waals surface area contributed by atoms with Gasteiger partial charge in [0.25, 0.3) is 0 Å². The fourth-order valence-corrected chi connectivity index (χ4v) is 4.90. The number of hydrogen-bond donors (Lipinski definition) is 2. The first kappa shape index (κ1) is 32.3. The summed E-state index contributed by atoms with van der Waals surface area (Å²) in [5.74, 6) is 0.870. The van der Waals surface area contributed by atoms with Gasteiger partial charge in [-0.05, 0) is 57.9 Å². The summed E-state index contributed by atoms with van der Waals surface area (Å²) in [4.78, 5) is 22.9. The van der Waals surface area contributed by atoms with Crippen LogP contribution in [-0.2, 0) is 9.47 Å². The van der Waals surface area contributed by atoms with E-state index in [4.69, 9.17) is 37.4 Å². The molecule has 0 radical (unpaired) electrons. The van der Waals surface area contributed by atoms with Gasteiger partial charge in [0.05, 0.1) is 41.1 Å². The van der Waals surface area contributed by atoms with E-state index in [1.807, 2.05) is 42.3 Å². The highest BCUT2D eigenvalue weighted by molar-refractivity contribution is 6.42. The average Bonchev–Trinajstić information content (AvgIpc) is 3.40. The molecule has 2 heterocycles. The molecule has 0 spiro atoms. The highest BCUT2D eigenvalue weighted by Gasteiger charge is 2.26. The van der Waals surface area contributed by atoms with E-state index in [1.165, 1.54) is 12.5 Å². The van der Waals surface area contributed by atoms with Crippen molar-refractivity contribution >= 4 is 46.6 Å². The fraction of sp³-hybridized carbons (Fsp3) is 0.400. The normalized spacial score (nSPS) is 13.0. The number of nitrogens with one attached hydrogen (secondary N) is 1. The summed E-state index contributed by atoms with van der Waals surface area (Å²) in [6, 6.07) is 12.7. The molecule has 1 amide bonds. The lowest BCUT2D eigenvalue weighted by atomic mass is 10.0. The molecule has 230 valence electrons. The standard InChI is InChI=1S/C30H36Cl2N6O5/c1-30(2,3)43-29(40)36-19(17-41-5)10-9-15-42-23-14-13-22(31)25(32)24(23)26(39)21-16-35-38-27(21)33-18-34-28(38)37(4)20-11-7-6-8-12-20/h6-8,11-14,16,18-19,26,39H,9-10,15,17H2,1-5H3,(H,36,40)/t19-,26?/m1/s1. The Morgan fingerprint density at radius 3 is 2.58 bits per heavy atom. The van der Waals surface area contributed by atoms with E-state index in [1.54, 1.807) is 44.5 Å². The number of carbonyl (C=O) groups is 1. The number of ether oxygens (including phenoxy) is 3. The van der Waals surface area contributed by atoms with Gasteiger partial charge in [-0.25, -0.2) is 14.8 Å². The van der Waals surface area contributed by atoms with E-state index in [0.717, 1.165) is 5.69 Å². The van der Waals surface area contributed by atoms with Crippen LogP contribution in [0.4, 0.5) is 16.4 Å². The quantitative estimate of drug-likeness (QED) is 0.182. The summed E-state index contributed by atoms with van der Waals surface area (Å²) in [6.45, 7) is 6.00. The fourth-order valence-electron chi connectivity index (χ4n) is 4.48. The minimum Gasteiger partial charge on any atom is -0.493 e. The number of fused-ring (bicyclic) bond motifs is 1. The maximum atomic E-state index is 12.2. The van der Waals surface area contributed by atoms with Gasteiger partial charge >= 0.3 is 6.09 Å². The molecule has 0 saturated carbocycles. The molecule has 2 atom stereocenters. The number of aliphatic hydroxyl groups excluding tert-OH is 1. The molecule has 2 N–H and O–H groups in total. The van der Waals surface area contributed by atoms with E-state index in [2.05, 4.69) is 20.4 Å². The van der Waals surface area contributed by atoms with Crippen LogP contribution in [0.1, 0.15) is 50.8 Å². The lowest BCUT2D eigenvalue weighted by Crippen LogP contribution is -2.41. The highest BCUT2D eigenvalue weighted by Crippen LogP contribution is 2.41. The molecule has 43 heavy (non-hydrogen) atoms. The molecule has 0 aliphatic rings. The van der Waals surface area contributed by atoms with Crippen molar-refractivity contribution in [1.29, 1.82) is 0 Å². The van der Waals surface area contributed by atoms with Crippen molar-refractivity contribution in [2.24, 2.45) is 0 Å². The maximum Gasteiger partial charge on any atom is 0.407 e. The first-order valence-electron chi connectivity index (χ1n) is 13.7. The number of para-hydroxylation sites is 1. The van der Waals surface area contributed by atoms with Crippen LogP contribution in [0.15, 0.2) is 55.0 Å². The Morgan fingerprint density at radius 2 is 1.88 bits per heavy atom. The molecule has 2 aromatic carbocycles. The number of methoxy groups -OCH3 is 1. The Labute approximate surface area is 260 Å². The summed E-state index contributed by atoms with van der Waals surface area (Å²) in [6.07, 6.45) is 2.31. The smallest absolute Gasteiger partial charge is 0.407 e. The van der Waals surface area contributed by atoms with E-state index in [0.29, 0.717) is 47.9 Å². The first-order valence-corrected chi connectivity index (χ1v) is 14.5. The van der Waals surface area contributed by atoms with Crippen molar-refractivity contribution in [2.45, 2.75) is 51.4 Å². The van der Waals surface area contributed by atoms with Gasteiger partial charge in [0, 0.05) is 25.4 Å². The van der Waals surface area contributed by atoms with Crippen LogP contribution in [0.2, 0.25) is 10.0 Å². The summed E-state index contributed by atoms with van der Waals surface area (Å²) in [7, 11) is 3.44. The van der Waals surface area contributed by atoms with Crippen molar-refractivity contribution in [1.82, 2.24) is 24.9 Å². The molecular formula is C30H36Cl2N6O5. The Balaban J connectivity index is 1.51. The number of carbonyl (C=O) groups excluding carboxylic acids is 1. The zero-order valence-electron chi connectivity index (χ0n) is 24.8. The first-order chi connectivity index (χ1) is 20.5. The van der Waals surface area contributed by atoms with E-state index < -0.39 is 17.8 Å². The second-order valence-electron chi connectivity index (χ2n) is 10.9. The molecule has 4 aromatic rings. The van der Waals surface area contributed by atoms with Crippen LogP contribution in [0.5, 0.6) is 5.75 Å². The third kappa shape index (κ3) is 8.05. The average molecular weight is 632 g/mol. The number of hydrogen-bond acceptors (Lipinski definition) is 9. The number of benzene rings is 2. The highest BCUT2D eigenvalue weighted by atomic mass is 35.5. The third-order valence-corrected chi connectivity index (χ3v) is 7.28. The number of aliphatic hydroxyl groups is 1. The van der Waals surface area contributed by atoms with Crippen molar-refractivity contribution in [2.75, 3.05) is 32.3 Å². The lowest BCUT2D eigenvalue weighted by Gasteiger charge is -2.23. The van der Waals surface area contributed by atoms with Gasteiger partial charge < -0.3 is 29.5 Å². The Morgan fingerprint density at radius 1 is 1.14 bits per heavy atom. The number of nitrogens with zero attached hydrogens (tertiary/aromatic N) is 5. The topological polar surface area (TPSA) is 123 Å². The molecule has 13 heteroatoms. The van der Waals surface area contributed by atoms with Crippen LogP contribution < -0.4 is 15.0 Å². The number of amides is 1. The van der Waals surface area contributed by atoms with Gasteiger partial charge in [0.1, 0.15) is 23.8 Å². The lowest BCUT2D eigenvalue weighted by molar-refractivity contribution is 0.0461. The van der Waals surface area contributed by atoms with Gasteiger partial charge in [-0.2, -0.15) is 9.61 Å². The van der Waals surface area contributed by atoms with Gasteiger partial charge in [-0.1, -0.05) is 41.4 Å². The van der Waals surface area contributed by atoms with Gasteiger partial charge in [-0.3, -0.25) is 0 Å². The Hall–Kier alpha value is -3.64. The molecule has 11 nitrogen and oxygen atoms in total. The molecule has 0 aliphatic carbocycles.